The topological polar surface area (TPSA) is 9.72 Å². The van der Waals surface area contributed by atoms with Crippen LogP contribution in [0.3, 0.4) is 0 Å². The molecule has 0 fully saturated rings. The Kier molecular flexibility index (Phi) is 13.2. The Hall–Kier alpha value is -8.34. The van der Waals surface area contributed by atoms with Crippen molar-refractivity contribution in [1.82, 2.24) is 0 Å². The Morgan fingerprint density at radius 2 is 0.804 bits per heavy atom. The lowest BCUT2D eigenvalue weighted by atomic mass is 9.33. The molecule has 462 valence electrons. The molecule has 0 unspecified atom stereocenters. The van der Waals surface area contributed by atoms with E-state index in [0.717, 1.165) is 36.3 Å². The normalized spacial score (nSPS) is 16.7. The highest BCUT2D eigenvalue weighted by molar-refractivity contribution is 7.00. The summed E-state index contributed by atoms with van der Waals surface area (Å²) in [6.07, 6.45) is 2.90. The van der Waals surface area contributed by atoms with Crippen molar-refractivity contribution in [2.45, 2.75) is 182 Å². The largest absolute Gasteiger partial charge is 0.311 e. The van der Waals surface area contributed by atoms with Crippen LogP contribution < -0.4 is 31.1 Å². The fraction of sp³-hybridized carbons (Fsp3) is 0.318. The fourth-order valence-electron chi connectivity index (χ4n) is 17.4. The SMILES string of the molecule is Cc1cc2c(cc1N1c3cc4c(cc3B3c5cc6c(cc5N(c5ccc(C(C)(C)C)cc5-c5ccccc5)c5cc(N(c7ccc(C(C)(C)C)cc7)c7ccc(C(C)(C)C)cc7)cc1c53)C(C)(C)c1ccccc1C6(C)C)Cc1ccccc1C4)C(C)(C)CC2(C)C. The van der Waals surface area contributed by atoms with Crippen molar-refractivity contribution in [3.63, 3.8) is 0 Å². The third-order valence-corrected chi connectivity index (χ3v) is 22.4. The Labute approximate surface area is 550 Å². The molecule has 0 saturated heterocycles. The summed E-state index contributed by atoms with van der Waals surface area (Å²) < 4.78 is 0. The number of fused-ring (bicyclic) bond motifs is 9. The van der Waals surface area contributed by atoms with Gasteiger partial charge < -0.3 is 14.7 Å². The maximum absolute atomic E-state index is 2.77. The van der Waals surface area contributed by atoms with E-state index in [1.165, 1.54) is 140 Å². The van der Waals surface area contributed by atoms with Crippen molar-refractivity contribution in [3.8, 4) is 11.1 Å². The van der Waals surface area contributed by atoms with E-state index in [2.05, 4.69) is 333 Å². The molecule has 0 spiro atoms. The number of nitrogens with zero attached hydrogens (tertiary/aromatic N) is 3. The van der Waals surface area contributed by atoms with Gasteiger partial charge in [-0.3, -0.25) is 0 Å². The second-order valence-corrected chi connectivity index (χ2v) is 33.5. The number of aryl methyl sites for hydroxylation is 1. The molecule has 15 rings (SSSR count). The van der Waals surface area contributed by atoms with Crippen LogP contribution in [0.2, 0.25) is 0 Å². The van der Waals surface area contributed by atoms with Crippen molar-refractivity contribution in [1.29, 1.82) is 0 Å². The van der Waals surface area contributed by atoms with E-state index in [9.17, 15) is 0 Å². The van der Waals surface area contributed by atoms with Crippen molar-refractivity contribution < 1.29 is 0 Å². The average molecular weight is 1200 g/mol. The van der Waals surface area contributed by atoms with Crippen LogP contribution in [0.25, 0.3) is 11.1 Å². The zero-order valence-electron chi connectivity index (χ0n) is 58.0. The Balaban J connectivity index is 1.12. The molecule has 10 aromatic rings. The van der Waals surface area contributed by atoms with Crippen LogP contribution in [0.15, 0.2) is 194 Å². The lowest BCUT2D eigenvalue weighted by Crippen LogP contribution is -2.62. The second-order valence-electron chi connectivity index (χ2n) is 33.5. The van der Waals surface area contributed by atoms with Crippen LogP contribution >= 0.6 is 0 Å². The highest BCUT2D eigenvalue weighted by Gasteiger charge is 2.50. The molecule has 0 aromatic heterocycles. The van der Waals surface area contributed by atoms with Crippen LogP contribution in [0, 0.1) is 6.92 Å². The zero-order valence-corrected chi connectivity index (χ0v) is 58.0. The number of rotatable bonds is 6. The van der Waals surface area contributed by atoms with E-state index in [4.69, 9.17) is 0 Å². The predicted molar refractivity (Wildman–Crippen MR) is 395 cm³/mol. The second kappa shape index (κ2) is 20.3. The van der Waals surface area contributed by atoms with E-state index in [1.54, 1.807) is 0 Å². The molecular formula is C88H92BN3. The minimum Gasteiger partial charge on any atom is -0.311 e. The fourth-order valence-corrected chi connectivity index (χ4v) is 17.4. The Morgan fingerprint density at radius 3 is 1.35 bits per heavy atom. The molecule has 0 saturated carbocycles. The van der Waals surface area contributed by atoms with Gasteiger partial charge in [0.25, 0.3) is 6.71 Å². The maximum Gasteiger partial charge on any atom is 0.252 e. The quantitative estimate of drug-likeness (QED) is 0.154. The first-order valence-electron chi connectivity index (χ1n) is 34.1. The first kappa shape index (κ1) is 59.9. The molecule has 92 heavy (non-hydrogen) atoms. The molecule has 2 aliphatic heterocycles. The molecule has 0 atom stereocenters. The first-order valence-corrected chi connectivity index (χ1v) is 34.1. The number of anilines is 9. The summed E-state index contributed by atoms with van der Waals surface area (Å²) in [5.41, 5.74) is 36.0. The van der Waals surface area contributed by atoms with E-state index < -0.39 is 0 Å². The third kappa shape index (κ3) is 9.33. The van der Waals surface area contributed by atoms with Crippen molar-refractivity contribution in [2.75, 3.05) is 14.7 Å². The minimum atomic E-state index is -0.301. The summed E-state index contributed by atoms with van der Waals surface area (Å²) >= 11 is 0. The smallest absolute Gasteiger partial charge is 0.252 e. The molecule has 0 radical (unpaired) electrons. The number of hydrogen-bond donors (Lipinski definition) is 0. The van der Waals surface area contributed by atoms with Gasteiger partial charge in [-0.2, -0.15) is 0 Å². The van der Waals surface area contributed by atoms with Gasteiger partial charge in [0.1, 0.15) is 0 Å². The van der Waals surface area contributed by atoms with Crippen LogP contribution in [0.5, 0.6) is 0 Å². The van der Waals surface area contributed by atoms with E-state index in [0.29, 0.717) is 0 Å². The molecule has 3 aliphatic carbocycles. The summed E-state index contributed by atoms with van der Waals surface area (Å²) in [7, 11) is 0. The van der Waals surface area contributed by atoms with Gasteiger partial charge in [0.15, 0.2) is 0 Å². The van der Waals surface area contributed by atoms with Crippen molar-refractivity contribution in [3.05, 3.63) is 272 Å². The molecule has 10 aromatic carbocycles. The molecule has 5 aliphatic rings. The summed E-state index contributed by atoms with van der Waals surface area (Å²) in [4.78, 5) is 8.07. The average Bonchev–Trinajstić information content (AvgIpc) is 0.762. The van der Waals surface area contributed by atoms with Gasteiger partial charge in [0.05, 0.1) is 11.4 Å². The van der Waals surface area contributed by atoms with Gasteiger partial charge in [-0.1, -0.05) is 245 Å². The van der Waals surface area contributed by atoms with E-state index in [1.807, 2.05) is 0 Å². The molecule has 0 amide bonds. The summed E-state index contributed by atoms with van der Waals surface area (Å²) in [6, 6.07) is 77.2. The molecule has 4 heteroatoms. The van der Waals surface area contributed by atoms with Gasteiger partial charge in [0, 0.05) is 56.2 Å². The minimum absolute atomic E-state index is 0.0205. The molecule has 3 nitrogen and oxygen atoms in total. The van der Waals surface area contributed by atoms with Crippen LogP contribution in [0.4, 0.5) is 51.2 Å². The lowest BCUT2D eigenvalue weighted by Gasteiger charge is -2.49. The molecule has 2 heterocycles. The predicted octanol–water partition coefficient (Wildman–Crippen LogP) is 21.5. The van der Waals surface area contributed by atoms with Gasteiger partial charge in [-0.05, 0) is 220 Å². The summed E-state index contributed by atoms with van der Waals surface area (Å²) in [6.45, 7) is 43.1. The van der Waals surface area contributed by atoms with E-state index >= 15 is 0 Å². The molecular weight excluding hydrogens is 1110 g/mol. The standard InChI is InChI=1S/C88H92BN3/c1-54-42-69-70(86(13,14)53-85(69,11)12)51-76(54)92-77-46-59-44-57-29-23-22-28-56(57)43-58(59)45-73(77)89-74-50-71-72(88(17,18)68-31-25-24-30-67(68)87(71,15)16)52-78(74)91(75-41-36-62(84(8,9)10)47-66(75)55-26-20-19-21-27-55)79-48-65(49-80(92)81(79)89)90(63-37-32-60(33-38-63)82(2,3)4)64-39-34-61(35-40-64)83(5,6)7/h19-42,45-52H,43-44,53H2,1-18H3. The zero-order chi connectivity index (χ0) is 64.7. The molecule has 0 bridgehead atoms. The molecule has 0 N–H and O–H groups in total. The lowest BCUT2D eigenvalue weighted by molar-refractivity contribution is 0.403. The van der Waals surface area contributed by atoms with Gasteiger partial charge in [0.2, 0.25) is 0 Å². The first-order chi connectivity index (χ1) is 43.4. The van der Waals surface area contributed by atoms with Crippen LogP contribution in [-0.2, 0) is 50.7 Å². The van der Waals surface area contributed by atoms with Crippen molar-refractivity contribution in [2.24, 2.45) is 0 Å². The van der Waals surface area contributed by atoms with E-state index in [-0.39, 0.29) is 44.6 Å². The maximum atomic E-state index is 2.77. The number of hydrogen-bond acceptors (Lipinski definition) is 3. The Bertz CT molecular complexity index is 4610. The van der Waals surface area contributed by atoms with Gasteiger partial charge >= 0.3 is 0 Å². The highest BCUT2D eigenvalue weighted by atomic mass is 15.2. The monoisotopic (exact) mass is 1200 g/mol. The van der Waals surface area contributed by atoms with Gasteiger partial charge in [-0.25, -0.2) is 0 Å². The van der Waals surface area contributed by atoms with Gasteiger partial charge in [-0.15, -0.1) is 0 Å². The van der Waals surface area contributed by atoms with Crippen molar-refractivity contribution >= 4 is 74.3 Å². The highest BCUT2D eigenvalue weighted by Crippen LogP contribution is 2.57. The summed E-state index contributed by atoms with van der Waals surface area (Å²) in [5.74, 6) is 0. The third-order valence-electron chi connectivity index (χ3n) is 22.4. The number of benzene rings is 10. The summed E-state index contributed by atoms with van der Waals surface area (Å²) in [5, 5.41) is 0. The van der Waals surface area contributed by atoms with Crippen LogP contribution in [-0.4, -0.2) is 6.71 Å². The van der Waals surface area contributed by atoms with Crippen LogP contribution in [0.1, 0.15) is 202 Å². The Morgan fingerprint density at radius 1 is 0.359 bits per heavy atom.